The molecule has 0 radical (unpaired) electrons. The van der Waals surface area contributed by atoms with E-state index in [2.05, 4.69) is 26.1 Å². The van der Waals surface area contributed by atoms with E-state index in [9.17, 15) is 14.4 Å². The monoisotopic (exact) mass is 633 g/mol. The molecule has 3 saturated heterocycles. The predicted molar refractivity (Wildman–Crippen MR) is 174 cm³/mol. The summed E-state index contributed by atoms with van der Waals surface area (Å²) in [6, 6.07) is 7.34. The Morgan fingerprint density at radius 3 is 2.30 bits per heavy atom. The maximum absolute atomic E-state index is 14.1. The van der Waals surface area contributed by atoms with Gasteiger partial charge in [-0.15, -0.1) is 0 Å². The van der Waals surface area contributed by atoms with Gasteiger partial charge in [0.15, 0.2) is 0 Å². The topological polar surface area (TPSA) is 97.4 Å². The second-order valence-electron chi connectivity index (χ2n) is 15.7. The van der Waals surface area contributed by atoms with Crippen molar-refractivity contribution >= 4 is 25.0 Å². The molecule has 9 nitrogen and oxygen atoms in total. The van der Waals surface area contributed by atoms with Gasteiger partial charge in [0.2, 0.25) is 11.8 Å². The quantitative estimate of drug-likeness (QED) is 0.415. The number of rotatable bonds is 2. The first-order chi connectivity index (χ1) is 22.1. The van der Waals surface area contributed by atoms with Crippen molar-refractivity contribution < 1.29 is 28.4 Å². The van der Waals surface area contributed by atoms with E-state index in [1.165, 1.54) is 25.7 Å². The smallest absolute Gasteiger partial charge is 0.444 e. The molecule has 3 saturated carbocycles. The highest BCUT2D eigenvalue weighted by Crippen LogP contribution is 2.65. The van der Waals surface area contributed by atoms with Gasteiger partial charge in [-0.25, -0.2) is 4.79 Å². The van der Waals surface area contributed by atoms with Crippen LogP contribution in [0.4, 0.5) is 4.79 Å². The minimum absolute atomic E-state index is 0.0372. The Bertz CT molecular complexity index is 1300. The Balaban J connectivity index is 1.06. The normalized spacial score (nSPS) is 36.4. The molecule has 46 heavy (non-hydrogen) atoms. The number of carbonyl (C=O) groups is 3. The summed E-state index contributed by atoms with van der Waals surface area (Å²) >= 11 is 0. The van der Waals surface area contributed by atoms with Crippen molar-refractivity contribution in [1.82, 2.24) is 15.1 Å². The molecule has 7 aliphatic rings. The maximum atomic E-state index is 14.1. The number of hydrogen-bond acceptors (Lipinski definition) is 6. The van der Waals surface area contributed by atoms with Crippen molar-refractivity contribution in [2.75, 3.05) is 6.54 Å². The second-order valence-corrected chi connectivity index (χ2v) is 15.7. The van der Waals surface area contributed by atoms with Gasteiger partial charge in [-0.2, -0.15) is 0 Å². The first-order valence-corrected chi connectivity index (χ1v) is 18.1. The summed E-state index contributed by atoms with van der Waals surface area (Å²) in [6.07, 6.45) is 11.4. The molecule has 1 N–H and O–H groups in total. The van der Waals surface area contributed by atoms with Crippen molar-refractivity contribution in [2.24, 2.45) is 17.3 Å². The SMILES string of the molecule is CC1(C)[C@@H]2C[C@H]3OB([C@@H]4CCCCCCCCCCC(=O)N5C[C@H](OC(=O)N6Cc7ccccc7C6)C[C@H]5C(=O)N4)O[C@@]3(C)[C@H]1C2. The third kappa shape index (κ3) is 5.97. The van der Waals surface area contributed by atoms with Crippen LogP contribution < -0.4 is 5.32 Å². The minimum Gasteiger partial charge on any atom is -0.444 e. The minimum atomic E-state index is -0.692. The lowest BCUT2D eigenvalue weighted by Gasteiger charge is -2.64. The van der Waals surface area contributed by atoms with E-state index in [1.54, 1.807) is 9.80 Å². The number of nitrogens with zero attached hydrogens (tertiary/aromatic N) is 2. The van der Waals surface area contributed by atoms with E-state index in [-0.39, 0.29) is 41.4 Å². The zero-order valence-electron chi connectivity index (χ0n) is 28.0. The van der Waals surface area contributed by atoms with E-state index < -0.39 is 25.4 Å². The average molecular weight is 634 g/mol. The third-order valence-corrected chi connectivity index (χ3v) is 12.5. The van der Waals surface area contributed by atoms with Crippen LogP contribution in [0, 0.1) is 17.3 Å². The zero-order chi connectivity index (χ0) is 32.1. The van der Waals surface area contributed by atoms with E-state index in [4.69, 9.17) is 14.0 Å². The van der Waals surface area contributed by atoms with Gasteiger partial charge < -0.3 is 24.3 Å². The lowest BCUT2D eigenvalue weighted by molar-refractivity contribution is -0.199. The predicted octanol–water partition coefficient (Wildman–Crippen LogP) is 5.78. The average Bonchev–Trinajstić information content (AvgIpc) is 3.75. The van der Waals surface area contributed by atoms with Crippen LogP contribution in [0.2, 0.25) is 0 Å². The van der Waals surface area contributed by atoms with Crippen molar-refractivity contribution in [3.05, 3.63) is 35.4 Å². The van der Waals surface area contributed by atoms with Crippen LogP contribution in [0.15, 0.2) is 24.3 Å². The summed E-state index contributed by atoms with van der Waals surface area (Å²) in [5.41, 5.74) is 2.14. The fourth-order valence-electron chi connectivity index (χ4n) is 9.56. The second kappa shape index (κ2) is 12.8. The molecular weight excluding hydrogens is 581 g/mol. The summed E-state index contributed by atoms with van der Waals surface area (Å²) in [5.74, 6) is 0.554. The van der Waals surface area contributed by atoms with Crippen LogP contribution in [-0.2, 0) is 36.7 Å². The lowest BCUT2D eigenvalue weighted by atomic mass is 9.43. The van der Waals surface area contributed by atoms with E-state index in [0.29, 0.717) is 37.8 Å². The molecule has 7 atom stereocenters. The lowest BCUT2D eigenvalue weighted by Crippen LogP contribution is -2.65. The highest BCUT2D eigenvalue weighted by molar-refractivity contribution is 6.47. The van der Waals surface area contributed by atoms with Gasteiger partial charge in [-0.3, -0.25) is 14.5 Å². The van der Waals surface area contributed by atoms with E-state index in [1.807, 2.05) is 24.3 Å². The fraction of sp³-hybridized carbons (Fsp3) is 0.750. The summed E-state index contributed by atoms with van der Waals surface area (Å²) < 4.78 is 19.5. The van der Waals surface area contributed by atoms with Gasteiger partial charge >= 0.3 is 13.2 Å². The van der Waals surface area contributed by atoms with Gasteiger partial charge in [0.05, 0.1) is 24.2 Å². The molecule has 3 amide bonds. The molecule has 2 bridgehead atoms. The highest BCUT2D eigenvalue weighted by atomic mass is 16.7. The molecule has 4 heterocycles. The molecule has 0 aromatic heterocycles. The maximum Gasteiger partial charge on any atom is 0.481 e. The van der Waals surface area contributed by atoms with Crippen LogP contribution in [-0.4, -0.2) is 71.2 Å². The van der Waals surface area contributed by atoms with Crippen LogP contribution >= 0.6 is 0 Å². The molecule has 0 spiro atoms. The number of benzene rings is 1. The van der Waals surface area contributed by atoms with Crippen molar-refractivity contribution in [1.29, 1.82) is 0 Å². The van der Waals surface area contributed by atoms with Gasteiger partial charge in [0.1, 0.15) is 12.1 Å². The number of fused-ring (bicyclic) bond motifs is 2. The number of ether oxygens (including phenoxy) is 1. The standard InChI is InChI=1S/C36H52BN3O6/c1-35(2)26-18-29(35)36(3)30(19-26)45-37(46-36)31-16-10-8-6-4-5-7-9-11-17-32(41)40-23-27(20-28(40)33(42)38-31)44-34(43)39-21-24-14-12-13-15-25(24)22-39/h12-15,26-31H,4-11,16-23H2,1-3H3,(H,38,42)/t26-,27+,28-,29-,30+,31-,36-/m0/s1. The number of hydrogen-bond donors (Lipinski definition) is 1. The molecule has 0 unspecified atom stereocenters. The van der Waals surface area contributed by atoms with Crippen molar-refractivity contribution in [2.45, 2.75) is 147 Å². The summed E-state index contributed by atoms with van der Waals surface area (Å²) in [5, 5.41) is 3.32. The van der Waals surface area contributed by atoms with Gasteiger partial charge in [-0.05, 0) is 61.0 Å². The Hall–Kier alpha value is -2.59. The van der Waals surface area contributed by atoms with Gasteiger partial charge in [-0.1, -0.05) is 83.1 Å². The molecule has 6 fully saturated rings. The van der Waals surface area contributed by atoms with Crippen LogP contribution in [0.3, 0.4) is 0 Å². The number of amides is 3. The van der Waals surface area contributed by atoms with E-state index >= 15 is 0 Å². The molecule has 1 aromatic rings. The molecule has 250 valence electrons. The van der Waals surface area contributed by atoms with Crippen molar-refractivity contribution in [3.8, 4) is 0 Å². The fourth-order valence-corrected chi connectivity index (χ4v) is 9.56. The Morgan fingerprint density at radius 1 is 0.935 bits per heavy atom. The molecule has 1 aromatic carbocycles. The zero-order valence-corrected chi connectivity index (χ0v) is 28.0. The van der Waals surface area contributed by atoms with Crippen LogP contribution in [0.25, 0.3) is 0 Å². The Kier molecular flexibility index (Phi) is 8.89. The first kappa shape index (κ1) is 32.0. The number of nitrogens with one attached hydrogen (secondary N) is 1. The van der Waals surface area contributed by atoms with Crippen LogP contribution in [0.1, 0.15) is 115 Å². The molecule has 10 heteroatoms. The van der Waals surface area contributed by atoms with Crippen LogP contribution in [0.5, 0.6) is 0 Å². The number of carbonyl (C=O) groups excluding carboxylic acids is 3. The van der Waals surface area contributed by atoms with E-state index in [0.717, 1.165) is 56.1 Å². The largest absolute Gasteiger partial charge is 0.481 e. The molecule has 3 aliphatic carbocycles. The molecule has 8 rings (SSSR count). The highest BCUT2D eigenvalue weighted by Gasteiger charge is 2.68. The summed E-state index contributed by atoms with van der Waals surface area (Å²) in [6.45, 7) is 8.19. The third-order valence-electron chi connectivity index (χ3n) is 12.5. The Labute approximate surface area is 274 Å². The molecule has 4 aliphatic heterocycles. The van der Waals surface area contributed by atoms with Crippen molar-refractivity contribution in [3.63, 3.8) is 0 Å². The molecular formula is C36H52BN3O6. The first-order valence-electron chi connectivity index (χ1n) is 18.1. The van der Waals surface area contributed by atoms with Gasteiger partial charge in [0.25, 0.3) is 0 Å². The van der Waals surface area contributed by atoms with Gasteiger partial charge in [0, 0.05) is 25.9 Å². The summed E-state index contributed by atoms with van der Waals surface area (Å²) in [4.78, 5) is 44.3. The summed E-state index contributed by atoms with van der Waals surface area (Å²) in [7, 11) is -0.510. The Morgan fingerprint density at radius 2 is 1.61 bits per heavy atom.